The van der Waals surface area contributed by atoms with Crippen LogP contribution in [0, 0.1) is 0 Å². The second-order valence-corrected chi connectivity index (χ2v) is 16.1. The molecule has 0 spiro atoms. The minimum Gasteiger partial charge on any atom is -0.396 e. The molecular weight excluding hydrogens is 726 g/mol. The zero-order valence-corrected chi connectivity index (χ0v) is 31.6. The predicted molar refractivity (Wildman–Crippen MR) is 219 cm³/mol. The highest BCUT2D eigenvalue weighted by Crippen LogP contribution is 2.33. The Morgan fingerprint density at radius 2 is 1.49 bits per heavy atom. The van der Waals surface area contributed by atoms with Gasteiger partial charge in [0.05, 0.1) is 17.1 Å². The van der Waals surface area contributed by atoms with Gasteiger partial charge in [0.2, 0.25) is 0 Å². The Bertz CT molecular complexity index is 2110. The van der Waals surface area contributed by atoms with E-state index in [0.717, 1.165) is 48.9 Å². The molecule has 10 nitrogen and oxygen atoms in total. The Morgan fingerprint density at radius 1 is 0.811 bits per heavy atom. The Hall–Kier alpha value is -4.72. The van der Waals surface area contributed by atoms with Crippen LogP contribution in [0.1, 0.15) is 22.3 Å². The van der Waals surface area contributed by atoms with E-state index >= 15 is 0 Å². The van der Waals surface area contributed by atoms with E-state index < -0.39 is 15.9 Å². The highest BCUT2D eigenvalue weighted by molar-refractivity contribution is 7.99. The largest absolute Gasteiger partial charge is 0.396 e. The predicted octanol–water partition coefficient (Wildman–Crippen LogP) is 6.53. The van der Waals surface area contributed by atoms with Gasteiger partial charge < -0.3 is 27.4 Å². The maximum atomic E-state index is 13.3. The highest BCUT2D eigenvalue weighted by Gasteiger charge is 2.25. The zero-order valence-electron chi connectivity index (χ0n) is 29.2. The van der Waals surface area contributed by atoms with Gasteiger partial charge in [-0.25, -0.2) is 13.1 Å². The number of rotatable bonds is 14. The van der Waals surface area contributed by atoms with Crippen molar-refractivity contribution in [1.29, 1.82) is 0 Å². The van der Waals surface area contributed by atoms with Gasteiger partial charge in [-0.05, 0) is 90.3 Å². The molecule has 1 aliphatic rings. The number of piperazine rings is 1. The van der Waals surface area contributed by atoms with Crippen molar-refractivity contribution in [3.8, 4) is 11.1 Å². The van der Waals surface area contributed by atoms with Gasteiger partial charge >= 0.3 is 0 Å². The third-order valence-electron chi connectivity index (χ3n) is 9.27. The molecule has 0 radical (unpaired) electrons. The van der Waals surface area contributed by atoms with Crippen LogP contribution in [0.25, 0.3) is 11.1 Å². The summed E-state index contributed by atoms with van der Waals surface area (Å²) in [4.78, 5) is 18.7. The summed E-state index contributed by atoms with van der Waals surface area (Å²) in [7, 11) is -4.33. The van der Waals surface area contributed by atoms with Crippen molar-refractivity contribution in [2.45, 2.75) is 28.8 Å². The molecule has 5 aromatic carbocycles. The first kappa shape index (κ1) is 38.0. The monoisotopic (exact) mass is 769 g/mol. The number of hydrogen-bond acceptors (Lipinski definition) is 10. The quantitative estimate of drug-likeness (QED) is 0.0621. The summed E-state index contributed by atoms with van der Waals surface area (Å²) in [6.45, 7) is 4.66. The standard InChI is InChI=1S/C40H44ClN7O3S2/c41-31-14-10-28(11-15-31)35-9-5-4-6-30(35)26-47-22-24-48(25-23-47)33-16-12-29(13-17-33)40(49)46-53(50,51)37-19-18-36(38(43)39(37)44)45-32(20-21-42)27-52-34-7-2-1-3-8-34/h1-19,32,45H,20-27,42-44H2,(H,46,49)/t32-/m1/s1. The summed E-state index contributed by atoms with van der Waals surface area (Å²) in [5.41, 5.74) is 23.7. The van der Waals surface area contributed by atoms with Crippen molar-refractivity contribution >= 4 is 62.0 Å². The zero-order chi connectivity index (χ0) is 37.4. The van der Waals surface area contributed by atoms with Crippen molar-refractivity contribution in [3.05, 3.63) is 131 Å². The fourth-order valence-electron chi connectivity index (χ4n) is 6.34. The molecule has 13 heteroatoms. The smallest absolute Gasteiger partial charge is 0.266 e. The number of hydrogen-bond donors (Lipinski definition) is 5. The number of thioether (sulfide) groups is 1. The number of nitrogens with two attached hydrogens (primary N) is 3. The Labute approximate surface area is 320 Å². The van der Waals surface area contributed by atoms with E-state index in [9.17, 15) is 13.2 Å². The van der Waals surface area contributed by atoms with Gasteiger partial charge in [-0.3, -0.25) is 9.69 Å². The molecule has 0 saturated carbocycles. The summed E-state index contributed by atoms with van der Waals surface area (Å²) >= 11 is 7.79. The molecule has 1 amide bonds. The minimum atomic E-state index is -4.33. The fraction of sp³-hybridized carbons (Fsp3) is 0.225. The van der Waals surface area contributed by atoms with Crippen molar-refractivity contribution in [3.63, 3.8) is 0 Å². The van der Waals surface area contributed by atoms with Crippen LogP contribution in [0.4, 0.5) is 22.7 Å². The number of anilines is 4. The number of carbonyl (C=O) groups is 1. The second kappa shape index (κ2) is 17.4. The van der Waals surface area contributed by atoms with Gasteiger partial charge in [0, 0.05) is 65.7 Å². The molecule has 6 rings (SSSR count). The van der Waals surface area contributed by atoms with Crippen LogP contribution in [-0.4, -0.2) is 63.7 Å². The van der Waals surface area contributed by atoms with Crippen molar-refractivity contribution in [2.75, 3.05) is 60.2 Å². The molecule has 0 unspecified atom stereocenters. The van der Waals surface area contributed by atoms with Crippen LogP contribution < -0.4 is 32.1 Å². The van der Waals surface area contributed by atoms with Gasteiger partial charge in [-0.15, -0.1) is 11.8 Å². The number of nitrogens with one attached hydrogen (secondary N) is 2. The maximum absolute atomic E-state index is 13.3. The molecule has 276 valence electrons. The lowest BCUT2D eigenvalue weighted by Crippen LogP contribution is -2.46. The summed E-state index contributed by atoms with van der Waals surface area (Å²) in [6, 6.07) is 36.2. The van der Waals surface area contributed by atoms with Crippen molar-refractivity contribution in [1.82, 2.24) is 9.62 Å². The summed E-state index contributed by atoms with van der Waals surface area (Å²) in [5.74, 6) is -0.0474. The van der Waals surface area contributed by atoms with Crippen LogP contribution in [-0.2, 0) is 16.6 Å². The molecule has 1 fully saturated rings. The lowest BCUT2D eigenvalue weighted by molar-refractivity contribution is 0.0981. The Balaban J connectivity index is 1.04. The fourth-order valence-corrected chi connectivity index (χ4v) is 8.58. The summed E-state index contributed by atoms with van der Waals surface area (Å²) in [5, 5.41) is 4.08. The van der Waals surface area contributed by atoms with Gasteiger partial charge in [0.15, 0.2) is 0 Å². The first-order valence-electron chi connectivity index (χ1n) is 17.4. The number of carbonyl (C=O) groups excluding carboxylic acids is 1. The van der Waals surface area contributed by atoms with Crippen LogP contribution in [0.2, 0.25) is 5.02 Å². The number of benzene rings is 5. The Morgan fingerprint density at radius 3 is 2.19 bits per heavy atom. The average molecular weight is 770 g/mol. The SMILES string of the molecule is NCC[C@H](CSc1ccccc1)Nc1ccc(S(=O)(=O)NC(=O)c2ccc(N3CCN(Cc4ccccc4-c4ccc(Cl)cc4)CC3)cc2)c(N)c1N. The first-order chi connectivity index (χ1) is 25.6. The van der Waals surface area contributed by atoms with Crippen LogP contribution >= 0.6 is 23.4 Å². The second-order valence-electron chi connectivity index (χ2n) is 12.9. The number of halogens is 1. The van der Waals surface area contributed by atoms with Gasteiger partial charge in [0.25, 0.3) is 15.9 Å². The van der Waals surface area contributed by atoms with E-state index in [2.05, 4.69) is 44.1 Å². The molecule has 1 aliphatic heterocycles. The molecule has 0 bridgehead atoms. The topological polar surface area (TPSA) is 160 Å². The van der Waals surface area contributed by atoms with E-state index in [1.807, 2.05) is 66.7 Å². The number of nitrogen functional groups attached to an aromatic ring is 2. The molecule has 5 aromatic rings. The molecular formula is C40H44ClN7O3S2. The minimum absolute atomic E-state index is 0.0378. The molecule has 1 saturated heterocycles. The third kappa shape index (κ3) is 9.64. The van der Waals surface area contributed by atoms with E-state index in [4.69, 9.17) is 28.8 Å². The summed E-state index contributed by atoms with van der Waals surface area (Å²) < 4.78 is 28.9. The number of nitrogens with zero attached hydrogens (tertiary/aromatic N) is 2. The van der Waals surface area contributed by atoms with E-state index in [1.54, 1.807) is 30.0 Å². The van der Waals surface area contributed by atoms with E-state index in [1.165, 1.54) is 17.2 Å². The molecule has 1 heterocycles. The third-order valence-corrected chi connectivity index (χ3v) is 12.1. The highest BCUT2D eigenvalue weighted by atomic mass is 35.5. The van der Waals surface area contributed by atoms with E-state index in [0.29, 0.717) is 29.4 Å². The van der Waals surface area contributed by atoms with E-state index in [-0.39, 0.29) is 27.9 Å². The lowest BCUT2D eigenvalue weighted by atomic mass is 9.99. The van der Waals surface area contributed by atoms with Crippen LogP contribution in [0.15, 0.2) is 125 Å². The van der Waals surface area contributed by atoms with Crippen molar-refractivity contribution in [2.24, 2.45) is 5.73 Å². The Kier molecular flexibility index (Phi) is 12.5. The molecule has 53 heavy (non-hydrogen) atoms. The average Bonchev–Trinajstić information content (AvgIpc) is 3.17. The van der Waals surface area contributed by atoms with Gasteiger partial charge in [0.1, 0.15) is 4.90 Å². The molecule has 0 aliphatic carbocycles. The molecule has 8 N–H and O–H groups in total. The first-order valence-corrected chi connectivity index (χ1v) is 20.3. The maximum Gasteiger partial charge on any atom is 0.266 e. The number of amides is 1. The number of sulfonamides is 1. The van der Waals surface area contributed by atoms with Crippen molar-refractivity contribution < 1.29 is 13.2 Å². The molecule has 1 atom stereocenters. The van der Waals surface area contributed by atoms with Gasteiger partial charge in [-0.1, -0.05) is 66.2 Å². The lowest BCUT2D eigenvalue weighted by Gasteiger charge is -2.36. The normalized spacial score (nSPS) is 14.1. The summed E-state index contributed by atoms with van der Waals surface area (Å²) in [6.07, 6.45) is 0.672. The van der Waals surface area contributed by atoms with Crippen LogP contribution in [0.3, 0.4) is 0 Å². The molecule has 0 aromatic heterocycles. The van der Waals surface area contributed by atoms with Crippen LogP contribution in [0.5, 0.6) is 0 Å². The van der Waals surface area contributed by atoms with Gasteiger partial charge in [-0.2, -0.15) is 0 Å².